The molecule has 3 aromatic rings. The lowest BCUT2D eigenvalue weighted by atomic mass is 9.85. The Hall–Kier alpha value is -3.15. The molecule has 2 aromatic carbocycles. The molecule has 6 nitrogen and oxygen atoms in total. The van der Waals surface area contributed by atoms with Crippen molar-refractivity contribution < 1.29 is 14.1 Å². The van der Waals surface area contributed by atoms with E-state index >= 15 is 0 Å². The molecule has 0 aliphatic heterocycles. The van der Waals surface area contributed by atoms with Gasteiger partial charge in [0.2, 0.25) is 11.7 Å². The van der Waals surface area contributed by atoms with Crippen LogP contribution in [-0.2, 0) is 5.41 Å². The number of rotatable bonds is 5. The van der Waals surface area contributed by atoms with Gasteiger partial charge in [0.1, 0.15) is 5.75 Å². The topological polar surface area (TPSA) is 91.2 Å². The van der Waals surface area contributed by atoms with Gasteiger partial charge in [0.15, 0.2) is 0 Å². The molecule has 0 saturated carbocycles. The summed E-state index contributed by atoms with van der Waals surface area (Å²) in [6.07, 6.45) is 0. The lowest BCUT2D eigenvalue weighted by Crippen LogP contribution is -2.13. The smallest absolute Gasteiger partial charge is 0.258 e. The van der Waals surface area contributed by atoms with E-state index in [1.807, 2.05) is 25.1 Å². The zero-order chi connectivity index (χ0) is 19.6. The molecule has 2 N–H and O–H groups in total. The van der Waals surface area contributed by atoms with Crippen LogP contribution in [0, 0.1) is 0 Å². The van der Waals surface area contributed by atoms with Gasteiger partial charge in [0, 0.05) is 22.3 Å². The number of hydrogen-bond acceptors (Lipinski definition) is 5. The average Bonchev–Trinajstić information content (AvgIpc) is 3.11. The van der Waals surface area contributed by atoms with Crippen molar-refractivity contribution in [2.45, 2.75) is 33.1 Å². The summed E-state index contributed by atoms with van der Waals surface area (Å²) in [5.74, 6) is 1.26. The number of carbonyl (C=O) groups is 1. The maximum atomic E-state index is 11.2. The van der Waals surface area contributed by atoms with Gasteiger partial charge in [-0.3, -0.25) is 4.79 Å². The van der Waals surface area contributed by atoms with E-state index in [0.717, 1.165) is 22.4 Å². The van der Waals surface area contributed by atoms with E-state index in [1.54, 1.807) is 24.3 Å². The number of hydrogen-bond donors (Lipinski definition) is 1. The molecule has 0 unspecified atom stereocenters. The molecule has 1 heterocycles. The second kappa shape index (κ2) is 7.23. The summed E-state index contributed by atoms with van der Waals surface area (Å²) in [7, 11) is 0. The Morgan fingerprint density at radius 2 is 1.78 bits per heavy atom. The number of benzene rings is 2. The van der Waals surface area contributed by atoms with E-state index in [4.69, 9.17) is 15.0 Å². The summed E-state index contributed by atoms with van der Waals surface area (Å²) in [6.45, 7) is 8.98. The number of carbonyl (C=O) groups excluding carboxylic acids is 1. The van der Waals surface area contributed by atoms with Crippen LogP contribution in [0.25, 0.3) is 22.8 Å². The minimum Gasteiger partial charge on any atom is -0.494 e. The standard InChI is InChI=1S/C21H23N3O3/c1-5-26-17-11-10-15(12-16(17)21(2,3)4)19-23-20(27-24-19)14-8-6-13(7-9-14)18(22)25/h6-12H,5H2,1-4H3,(H2,22,25). The molecule has 0 bridgehead atoms. The van der Waals surface area contributed by atoms with Crippen molar-refractivity contribution in [3.8, 4) is 28.6 Å². The lowest BCUT2D eigenvalue weighted by molar-refractivity contribution is 0.100. The highest BCUT2D eigenvalue weighted by Gasteiger charge is 2.21. The zero-order valence-corrected chi connectivity index (χ0v) is 15.9. The molecule has 1 amide bonds. The summed E-state index contributed by atoms with van der Waals surface area (Å²) in [5.41, 5.74) is 8.27. The van der Waals surface area contributed by atoms with Crippen LogP contribution in [0.4, 0.5) is 0 Å². The Morgan fingerprint density at radius 3 is 2.37 bits per heavy atom. The summed E-state index contributed by atoms with van der Waals surface area (Å²) >= 11 is 0. The second-order valence-electron chi connectivity index (χ2n) is 7.26. The molecule has 0 aliphatic rings. The van der Waals surface area contributed by atoms with Gasteiger partial charge in [0.05, 0.1) is 6.61 Å². The highest BCUT2D eigenvalue weighted by atomic mass is 16.5. The van der Waals surface area contributed by atoms with Gasteiger partial charge in [-0.1, -0.05) is 25.9 Å². The van der Waals surface area contributed by atoms with Crippen LogP contribution in [0.15, 0.2) is 47.0 Å². The molecule has 0 radical (unpaired) electrons. The van der Waals surface area contributed by atoms with Crippen LogP contribution in [0.3, 0.4) is 0 Å². The summed E-state index contributed by atoms with van der Waals surface area (Å²) < 4.78 is 11.2. The minimum absolute atomic E-state index is 0.0856. The van der Waals surface area contributed by atoms with Crippen molar-refractivity contribution in [1.29, 1.82) is 0 Å². The summed E-state index contributed by atoms with van der Waals surface area (Å²) in [5, 5.41) is 4.10. The fourth-order valence-electron chi connectivity index (χ4n) is 2.77. The van der Waals surface area contributed by atoms with E-state index in [2.05, 4.69) is 30.9 Å². The third-order valence-electron chi connectivity index (χ3n) is 4.19. The third kappa shape index (κ3) is 4.00. The van der Waals surface area contributed by atoms with Crippen LogP contribution >= 0.6 is 0 Å². The van der Waals surface area contributed by atoms with Crippen LogP contribution < -0.4 is 10.5 Å². The molecule has 0 saturated heterocycles. The van der Waals surface area contributed by atoms with Crippen LogP contribution in [-0.4, -0.2) is 22.7 Å². The number of primary amides is 1. The fraction of sp³-hybridized carbons (Fsp3) is 0.286. The van der Waals surface area contributed by atoms with E-state index in [9.17, 15) is 4.79 Å². The van der Waals surface area contributed by atoms with E-state index < -0.39 is 5.91 Å². The van der Waals surface area contributed by atoms with Gasteiger partial charge in [-0.15, -0.1) is 0 Å². The Bertz CT molecular complexity index is 954. The first-order valence-electron chi connectivity index (χ1n) is 8.81. The predicted octanol–water partition coefficient (Wildman–Crippen LogP) is 4.20. The minimum atomic E-state index is -0.475. The van der Waals surface area contributed by atoms with Crippen molar-refractivity contribution >= 4 is 5.91 Å². The Kier molecular flexibility index (Phi) is 4.99. The first-order chi connectivity index (χ1) is 12.8. The monoisotopic (exact) mass is 365 g/mol. The first-order valence-corrected chi connectivity index (χ1v) is 8.81. The number of ether oxygens (including phenoxy) is 1. The zero-order valence-electron chi connectivity index (χ0n) is 15.9. The third-order valence-corrected chi connectivity index (χ3v) is 4.19. The van der Waals surface area contributed by atoms with Gasteiger partial charge in [0.25, 0.3) is 5.89 Å². The van der Waals surface area contributed by atoms with Crippen molar-refractivity contribution in [2.24, 2.45) is 5.73 Å². The Balaban J connectivity index is 1.95. The number of nitrogens with zero attached hydrogens (tertiary/aromatic N) is 2. The van der Waals surface area contributed by atoms with E-state index in [-0.39, 0.29) is 5.41 Å². The Labute approximate surface area is 158 Å². The maximum Gasteiger partial charge on any atom is 0.258 e. The molecule has 0 atom stereocenters. The fourth-order valence-corrected chi connectivity index (χ4v) is 2.77. The Morgan fingerprint density at radius 1 is 1.11 bits per heavy atom. The molecule has 27 heavy (non-hydrogen) atoms. The van der Waals surface area contributed by atoms with Crippen LogP contribution in [0.2, 0.25) is 0 Å². The highest BCUT2D eigenvalue weighted by molar-refractivity contribution is 5.93. The maximum absolute atomic E-state index is 11.2. The van der Waals surface area contributed by atoms with Gasteiger partial charge < -0.3 is 15.0 Å². The predicted molar refractivity (Wildman–Crippen MR) is 104 cm³/mol. The largest absolute Gasteiger partial charge is 0.494 e. The number of nitrogens with two attached hydrogens (primary N) is 1. The van der Waals surface area contributed by atoms with E-state index in [1.165, 1.54) is 0 Å². The highest BCUT2D eigenvalue weighted by Crippen LogP contribution is 2.35. The molecule has 0 aliphatic carbocycles. The quantitative estimate of drug-likeness (QED) is 0.732. The average molecular weight is 365 g/mol. The molecule has 3 rings (SSSR count). The first kappa shape index (κ1) is 18.6. The second-order valence-corrected chi connectivity index (χ2v) is 7.26. The van der Waals surface area contributed by atoms with Crippen LogP contribution in [0.1, 0.15) is 43.6 Å². The number of aromatic nitrogens is 2. The van der Waals surface area contributed by atoms with Crippen molar-refractivity contribution in [2.75, 3.05) is 6.61 Å². The van der Waals surface area contributed by atoms with Gasteiger partial charge in [-0.25, -0.2) is 0 Å². The molecular formula is C21H23N3O3. The molecule has 0 spiro atoms. The van der Waals surface area contributed by atoms with Crippen molar-refractivity contribution in [3.05, 3.63) is 53.6 Å². The molecule has 0 fully saturated rings. The summed E-state index contributed by atoms with van der Waals surface area (Å²) in [4.78, 5) is 15.7. The summed E-state index contributed by atoms with van der Waals surface area (Å²) in [6, 6.07) is 12.6. The normalized spacial score (nSPS) is 11.4. The van der Waals surface area contributed by atoms with Crippen molar-refractivity contribution in [1.82, 2.24) is 10.1 Å². The lowest BCUT2D eigenvalue weighted by Gasteiger charge is -2.23. The molecular weight excluding hydrogens is 342 g/mol. The SMILES string of the molecule is CCOc1ccc(-c2noc(-c3ccc(C(N)=O)cc3)n2)cc1C(C)(C)C. The van der Waals surface area contributed by atoms with E-state index in [0.29, 0.717) is 23.9 Å². The number of amides is 1. The van der Waals surface area contributed by atoms with Gasteiger partial charge >= 0.3 is 0 Å². The van der Waals surface area contributed by atoms with Gasteiger partial charge in [-0.2, -0.15) is 4.98 Å². The molecule has 6 heteroatoms. The van der Waals surface area contributed by atoms with Crippen LogP contribution in [0.5, 0.6) is 5.75 Å². The molecule has 1 aromatic heterocycles. The van der Waals surface area contributed by atoms with Crippen molar-refractivity contribution in [3.63, 3.8) is 0 Å². The molecule has 140 valence electrons. The van der Waals surface area contributed by atoms with Gasteiger partial charge in [-0.05, 0) is 54.8 Å².